The Kier molecular flexibility index (Phi) is 7.51. The summed E-state index contributed by atoms with van der Waals surface area (Å²) in [6.07, 6.45) is 12.5. The largest absolute Gasteiger partial charge is 0.342 e. The second kappa shape index (κ2) is 9.42. The molecule has 1 saturated heterocycles. The molecule has 0 aromatic carbocycles. The molecule has 1 saturated carbocycles. The lowest BCUT2D eigenvalue weighted by Gasteiger charge is -2.34. The molecule has 2 N–H and O–H groups in total. The first-order chi connectivity index (χ1) is 10.3. The van der Waals surface area contributed by atoms with Crippen molar-refractivity contribution in [3.05, 3.63) is 0 Å². The molecule has 0 spiro atoms. The fourth-order valence-corrected chi connectivity index (χ4v) is 3.73. The quantitative estimate of drug-likeness (QED) is 0.765. The maximum atomic E-state index is 12.6. The molecular formula is C17H33N3O. The van der Waals surface area contributed by atoms with Gasteiger partial charge in [0.1, 0.15) is 0 Å². The first-order valence-electron chi connectivity index (χ1n) is 9.03. The van der Waals surface area contributed by atoms with Crippen LogP contribution in [0.3, 0.4) is 0 Å². The number of carbonyl (C=O) groups excluding carboxylic acids is 1. The van der Waals surface area contributed by atoms with Gasteiger partial charge in [-0.05, 0) is 45.1 Å². The number of amides is 1. The Morgan fingerprint density at radius 1 is 1.00 bits per heavy atom. The van der Waals surface area contributed by atoms with Gasteiger partial charge in [0.05, 0.1) is 6.54 Å². The minimum Gasteiger partial charge on any atom is -0.342 e. The van der Waals surface area contributed by atoms with E-state index in [0.29, 0.717) is 18.5 Å². The van der Waals surface area contributed by atoms with Gasteiger partial charge in [-0.3, -0.25) is 9.69 Å². The van der Waals surface area contributed by atoms with Crippen LogP contribution in [0.4, 0.5) is 0 Å². The summed E-state index contributed by atoms with van der Waals surface area (Å²) in [6, 6.07) is 0.604. The SMILES string of the molecule is NCCCN(CC(=O)N1CCCCC1)C1CCCCCC1. The molecule has 2 fully saturated rings. The summed E-state index contributed by atoms with van der Waals surface area (Å²) >= 11 is 0. The van der Waals surface area contributed by atoms with Crippen LogP contribution in [0.5, 0.6) is 0 Å². The molecule has 1 heterocycles. The lowest BCUT2D eigenvalue weighted by molar-refractivity contribution is -0.134. The molecular weight excluding hydrogens is 262 g/mol. The zero-order valence-electron chi connectivity index (χ0n) is 13.6. The number of hydrogen-bond donors (Lipinski definition) is 1. The molecule has 0 atom stereocenters. The molecule has 122 valence electrons. The van der Waals surface area contributed by atoms with Crippen LogP contribution in [0.15, 0.2) is 0 Å². The highest BCUT2D eigenvalue weighted by Crippen LogP contribution is 2.22. The minimum absolute atomic E-state index is 0.343. The summed E-state index contributed by atoms with van der Waals surface area (Å²) in [4.78, 5) is 17.1. The predicted octanol–water partition coefficient (Wildman–Crippen LogP) is 2.37. The Labute approximate surface area is 130 Å². The molecule has 1 aliphatic heterocycles. The summed E-state index contributed by atoms with van der Waals surface area (Å²) in [6.45, 7) is 4.26. The van der Waals surface area contributed by atoms with Crippen LogP contribution in [-0.4, -0.2) is 54.5 Å². The number of likely N-dealkylation sites (tertiary alicyclic amines) is 1. The Bertz CT molecular complexity index is 294. The predicted molar refractivity (Wildman–Crippen MR) is 87.2 cm³/mol. The van der Waals surface area contributed by atoms with Crippen LogP contribution in [0.1, 0.15) is 64.2 Å². The molecule has 2 aliphatic rings. The van der Waals surface area contributed by atoms with Gasteiger partial charge >= 0.3 is 0 Å². The van der Waals surface area contributed by atoms with E-state index >= 15 is 0 Å². The number of rotatable bonds is 6. The highest BCUT2D eigenvalue weighted by molar-refractivity contribution is 5.78. The molecule has 0 unspecified atom stereocenters. The van der Waals surface area contributed by atoms with E-state index in [-0.39, 0.29) is 0 Å². The Balaban J connectivity index is 1.89. The van der Waals surface area contributed by atoms with Gasteiger partial charge in [-0.15, -0.1) is 0 Å². The number of carbonyl (C=O) groups is 1. The fraction of sp³-hybridized carbons (Fsp3) is 0.941. The van der Waals surface area contributed by atoms with Gasteiger partial charge < -0.3 is 10.6 Å². The summed E-state index contributed by atoms with van der Waals surface area (Å²) in [5, 5.41) is 0. The molecule has 0 radical (unpaired) electrons. The first kappa shape index (κ1) is 16.8. The van der Waals surface area contributed by atoms with Crippen molar-refractivity contribution in [2.45, 2.75) is 70.3 Å². The number of piperidine rings is 1. The zero-order valence-corrected chi connectivity index (χ0v) is 13.6. The van der Waals surface area contributed by atoms with Crippen molar-refractivity contribution in [3.63, 3.8) is 0 Å². The van der Waals surface area contributed by atoms with E-state index in [4.69, 9.17) is 5.73 Å². The van der Waals surface area contributed by atoms with E-state index in [1.165, 1.54) is 57.8 Å². The smallest absolute Gasteiger partial charge is 0.236 e. The van der Waals surface area contributed by atoms with Crippen molar-refractivity contribution >= 4 is 5.91 Å². The number of nitrogens with two attached hydrogens (primary N) is 1. The maximum Gasteiger partial charge on any atom is 0.236 e. The minimum atomic E-state index is 0.343. The van der Waals surface area contributed by atoms with Crippen molar-refractivity contribution in [3.8, 4) is 0 Å². The van der Waals surface area contributed by atoms with Gasteiger partial charge in [0.15, 0.2) is 0 Å². The third-order valence-corrected chi connectivity index (χ3v) is 5.04. The van der Waals surface area contributed by atoms with E-state index in [0.717, 1.165) is 32.6 Å². The summed E-state index contributed by atoms with van der Waals surface area (Å²) in [5.41, 5.74) is 5.69. The average Bonchev–Trinajstić information content (AvgIpc) is 2.81. The lowest BCUT2D eigenvalue weighted by Crippen LogP contribution is -2.46. The van der Waals surface area contributed by atoms with E-state index in [1.807, 2.05) is 0 Å². The van der Waals surface area contributed by atoms with Crippen LogP contribution in [0.2, 0.25) is 0 Å². The molecule has 0 bridgehead atoms. The van der Waals surface area contributed by atoms with Crippen LogP contribution in [0, 0.1) is 0 Å². The van der Waals surface area contributed by atoms with Crippen LogP contribution in [0.25, 0.3) is 0 Å². The van der Waals surface area contributed by atoms with E-state index in [9.17, 15) is 4.79 Å². The van der Waals surface area contributed by atoms with Gasteiger partial charge in [0.25, 0.3) is 0 Å². The van der Waals surface area contributed by atoms with Crippen molar-refractivity contribution in [2.24, 2.45) is 5.73 Å². The molecule has 0 aromatic rings. The summed E-state index contributed by atoms with van der Waals surface area (Å²) in [5.74, 6) is 0.343. The van der Waals surface area contributed by atoms with Crippen LogP contribution >= 0.6 is 0 Å². The average molecular weight is 295 g/mol. The molecule has 2 rings (SSSR count). The van der Waals surface area contributed by atoms with Gasteiger partial charge in [0.2, 0.25) is 5.91 Å². The fourth-order valence-electron chi connectivity index (χ4n) is 3.73. The number of nitrogens with zero attached hydrogens (tertiary/aromatic N) is 2. The monoisotopic (exact) mass is 295 g/mol. The Hall–Kier alpha value is -0.610. The van der Waals surface area contributed by atoms with E-state index in [2.05, 4.69) is 9.80 Å². The van der Waals surface area contributed by atoms with Crippen molar-refractivity contribution < 1.29 is 4.79 Å². The zero-order chi connectivity index (χ0) is 14.9. The van der Waals surface area contributed by atoms with Gasteiger partial charge in [-0.2, -0.15) is 0 Å². The summed E-state index contributed by atoms with van der Waals surface area (Å²) < 4.78 is 0. The normalized spacial score (nSPS) is 21.5. The highest BCUT2D eigenvalue weighted by atomic mass is 16.2. The van der Waals surface area contributed by atoms with E-state index < -0.39 is 0 Å². The van der Waals surface area contributed by atoms with Gasteiger partial charge in [0, 0.05) is 25.7 Å². The van der Waals surface area contributed by atoms with Crippen LogP contribution < -0.4 is 5.73 Å². The standard InChI is InChI=1S/C17H33N3O/c18-11-8-14-20(16-9-4-1-2-5-10-16)15-17(21)19-12-6-3-7-13-19/h16H,1-15,18H2. The van der Waals surface area contributed by atoms with Crippen molar-refractivity contribution in [1.29, 1.82) is 0 Å². The van der Waals surface area contributed by atoms with Crippen molar-refractivity contribution in [2.75, 3.05) is 32.7 Å². The van der Waals surface area contributed by atoms with Gasteiger partial charge in [-0.25, -0.2) is 0 Å². The molecule has 1 amide bonds. The lowest BCUT2D eigenvalue weighted by atomic mass is 10.1. The third kappa shape index (κ3) is 5.59. The Morgan fingerprint density at radius 2 is 1.62 bits per heavy atom. The second-order valence-electron chi connectivity index (χ2n) is 6.70. The molecule has 4 heteroatoms. The van der Waals surface area contributed by atoms with Gasteiger partial charge in [-0.1, -0.05) is 25.7 Å². The molecule has 21 heavy (non-hydrogen) atoms. The van der Waals surface area contributed by atoms with Crippen LogP contribution in [-0.2, 0) is 4.79 Å². The highest BCUT2D eigenvalue weighted by Gasteiger charge is 2.24. The van der Waals surface area contributed by atoms with Crippen molar-refractivity contribution in [1.82, 2.24) is 9.80 Å². The summed E-state index contributed by atoms with van der Waals surface area (Å²) in [7, 11) is 0. The number of hydrogen-bond acceptors (Lipinski definition) is 3. The third-order valence-electron chi connectivity index (χ3n) is 5.04. The topological polar surface area (TPSA) is 49.6 Å². The second-order valence-corrected chi connectivity index (χ2v) is 6.70. The maximum absolute atomic E-state index is 12.6. The molecule has 0 aromatic heterocycles. The Morgan fingerprint density at radius 3 is 2.24 bits per heavy atom. The molecule has 1 aliphatic carbocycles. The van der Waals surface area contributed by atoms with E-state index in [1.54, 1.807) is 0 Å². The first-order valence-corrected chi connectivity index (χ1v) is 9.03. The molecule has 4 nitrogen and oxygen atoms in total.